The van der Waals surface area contributed by atoms with Crippen LogP contribution in [0.15, 0.2) is 48.5 Å². The van der Waals surface area contributed by atoms with Crippen molar-refractivity contribution in [1.29, 1.82) is 5.26 Å². The Bertz CT molecular complexity index is 860. The van der Waals surface area contributed by atoms with Gasteiger partial charge in [0.05, 0.1) is 17.2 Å². The number of para-hydroxylation sites is 1. The molecule has 0 aromatic heterocycles. The summed E-state index contributed by atoms with van der Waals surface area (Å²) in [5.74, 6) is -1.40. The highest BCUT2D eigenvalue weighted by Crippen LogP contribution is 2.27. The van der Waals surface area contributed by atoms with Gasteiger partial charge in [-0.2, -0.15) is 5.26 Å². The van der Waals surface area contributed by atoms with Gasteiger partial charge in [0.15, 0.2) is 0 Å². The smallest absolute Gasteiger partial charge is 0.227 e. The number of nitriles is 1. The minimum atomic E-state index is -0.522. The van der Waals surface area contributed by atoms with Crippen LogP contribution >= 0.6 is 0 Å². The van der Waals surface area contributed by atoms with Gasteiger partial charge in [0.2, 0.25) is 11.8 Å². The largest absolute Gasteiger partial charge is 0.352 e. The van der Waals surface area contributed by atoms with Gasteiger partial charge in [0.25, 0.3) is 0 Å². The lowest BCUT2D eigenvalue weighted by Gasteiger charge is -2.18. The lowest BCUT2D eigenvalue weighted by atomic mass is 10.1. The molecule has 25 heavy (non-hydrogen) atoms. The molecule has 126 valence electrons. The van der Waals surface area contributed by atoms with Gasteiger partial charge in [0.1, 0.15) is 11.9 Å². The summed E-state index contributed by atoms with van der Waals surface area (Å²) < 4.78 is 13.6. The van der Waals surface area contributed by atoms with E-state index in [1.165, 1.54) is 11.0 Å². The molecule has 1 heterocycles. The molecule has 6 heteroatoms. The summed E-state index contributed by atoms with van der Waals surface area (Å²) in [5, 5.41) is 11.9. The van der Waals surface area contributed by atoms with Crippen molar-refractivity contribution in [2.24, 2.45) is 5.92 Å². The van der Waals surface area contributed by atoms with E-state index in [9.17, 15) is 19.2 Å². The molecule has 0 spiro atoms. The molecule has 2 aromatic carbocycles. The molecule has 0 saturated carbocycles. The van der Waals surface area contributed by atoms with Crippen LogP contribution in [0.3, 0.4) is 0 Å². The molecule has 0 aliphatic carbocycles. The van der Waals surface area contributed by atoms with E-state index in [1.807, 2.05) is 0 Å². The lowest BCUT2D eigenvalue weighted by molar-refractivity contribution is -0.126. The van der Waals surface area contributed by atoms with Crippen molar-refractivity contribution in [3.05, 3.63) is 65.5 Å². The predicted octanol–water partition coefficient (Wildman–Crippen LogP) is 2.37. The standard InChI is InChI=1S/C19H16FN3O2/c20-16-7-3-1-6-14(16)11-22-19(25)15-9-18(24)23(12-15)17-8-4-2-5-13(17)10-21/h1-8,15H,9,11-12H2,(H,22,25). The van der Waals surface area contributed by atoms with Crippen LogP contribution in [0.4, 0.5) is 10.1 Å². The van der Waals surface area contributed by atoms with Gasteiger partial charge in [-0.3, -0.25) is 9.59 Å². The van der Waals surface area contributed by atoms with Crippen LogP contribution in [0.1, 0.15) is 17.5 Å². The second kappa shape index (κ2) is 7.14. The van der Waals surface area contributed by atoms with Crippen LogP contribution in [0.2, 0.25) is 0 Å². The van der Waals surface area contributed by atoms with Gasteiger partial charge < -0.3 is 10.2 Å². The monoisotopic (exact) mass is 337 g/mol. The Hall–Kier alpha value is -3.20. The Morgan fingerprint density at radius 1 is 1.24 bits per heavy atom. The molecule has 1 atom stereocenters. The van der Waals surface area contributed by atoms with Crippen LogP contribution in [-0.4, -0.2) is 18.4 Å². The minimum absolute atomic E-state index is 0.0723. The SMILES string of the molecule is N#Cc1ccccc1N1CC(C(=O)NCc2ccccc2F)CC1=O. The number of anilines is 1. The maximum atomic E-state index is 13.6. The molecular formula is C19H16FN3O2. The highest BCUT2D eigenvalue weighted by Gasteiger charge is 2.35. The number of carbonyl (C=O) groups is 2. The van der Waals surface area contributed by atoms with Gasteiger partial charge >= 0.3 is 0 Å². The van der Waals surface area contributed by atoms with E-state index in [4.69, 9.17) is 0 Å². The van der Waals surface area contributed by atoms with E-state index >= 15 is 0 Å². The highest BCUT2D eigenvalue weighted by molar-refractivity contribution is 6.01. The zero-order chi connectivity index (χ0) is 17.8. The molecule has 1 saturated heterocycles. The minimum Gasteiger partial charge on any atom is -0.352 e. The van der Waals surface area contributed by atoms with Crippen LogP contribution in [0.5, 0.6) is 0 Å². The molecule has 1 aliphatic rings. The zero-order valence-electron chi connectivity index (χ0n) is 13.4. The average molecular weight is 337 g/mol. The lowest BCUT2D eigenvalue weighted by Crippen LogP contribution is -2.33. The molecule has 1 unspecified atom stereocenters. The number of nitrogens with one attached hydrogen (secondary N) is 1. The van der Waals surface area contributed by atoms with E-state index in [1.54, 1.807) is 42.5 Å². The first-order valence-electron chi connectivity index (χ1n) is 7.90. The summed E-state index contributed by atoms with van der Waals surface area (Å²) >= 11 is 0. The molecule has 0 radical (unpaired) electrons. The Morgan fingerprint density at radius 3 is 2.72 bits per heavy atom. The maximum Gasteiger partial charge on any atom is 0.227 e. The number of hydrogen-bond donors (Lipinski definition) is 1. The second-order valence-corrected chi connectivity index (χ2v) is 5.84. The average Bonchev–Trinajstić information content (AvgIpc) is 3.02. The summed E-state index contributed by atoms with van der Waals surface area (Å²) in [5.41, 5.74) is 1.30. The first-order valence-corrected chi connectivity index (χ1v) is 7.90. The van der Waals surface area contributed by atoms with Crippen molar-refractivity contribution >= 4 is 17.5 Å². The van der Waals surface area contributed by atoms with Gasteiger partial charge in [-0.15, -0.1) is 0 Å². The Labute approximate surface area is 144 Å². The fourth-order valence-corrected chi connectivity index (χ4v) is 2.89. The van der Waals surface area contributed by atoms with E-state index in [-0.39, 0.29) is 37.1 Å². The number of hydrogen-bond acceptors (Lipinski definition) is 3. The first-order chi connectivity index (χ1) is 12.1. The van der Waals surface area contributed by atoms with Gasteiger partial charge in [-0.25, -0.2) is 4.39 Å². The zero-order valence-corrected chi connectivity index (χ0v) is 13.4. The van der Waals surface area contributed by atoms with Crippen molar-refractivity contribution in [2.45, 2.75) is 13.0 Å². The van der Waals surface area contributed by atoms with Crippen LogP contribution in [0, 0.1) is 23.1 Å². The second-order valence-electron chi connectivity index (χ2n) is 5.84. The van der Waals surface area contributed by atoms with Gasteiger partial charge in [0, 0.05) is 25.1 Å². The molecule has 0 bridgehead atoms. The number of benzene rings is 2. The normalized spacial score (nSPS) is 16.6. The Morgan fingerprint density at radius 2 is 1.96 bits per heavy atom. The number of rotatable bonds is 4. The van der Waals surface area contributed by atoms with E-state index in [0.29, 0.717) is 16.8 Å². The third-order valence-electron chi connectivity index (χ3n) is 4.22. The van der Waals surface area contributed by atoms with Crippen molar-refractivity contribution in [1.82, 2.24) is 5.32 Å². The molecule has 1 fully saturated rings. The number of nitrogens with zero attached hydrogens (tertiary/aromatic N) is 2. The Kier molecular flexibility index (Phi) is 4.75. The summed E-state index contributed by atoms with van der Waals surface area (Å²) in [4.78, 5) is 26.1. The number of halogens is 1. The van der Waals surface area contributed by atoms with Crippen LogP contribution < -0.4 is 10.2 Å². The van der Waals surface area contributed by atoms with Crippen LogP contribution in [0.25, 0.3) is 0 Å². The molecule has 2 aromatic rings. The van der Waals surface area contributed by atoms with Gasteiger partial charge in [-0.1, -0.05) is 30.3 Å². The summed E-state index contributed by atoms with van der Waals surface area (Å²) in [6, 6.07) is 15.1. The van der Waals surface area contributed by atoms with E-state index in [2.05, 4.69) is 11.4 Å². The molecule has 3 rings (SSSR count). The molecule has 1 N–H and O–H groups in total. The van der Waals surface area contributed by atoms with E-state index < -0.39 is 5.92 Å². The molecule has 5 nitrogen and oxygen atoms in total. The summed E-state index contributed by atoms with van der Waals surface area (Å²) in [6.45, 7) is 0.283. The van der Waals surface area contributed by atoms with Crippen molar-refractivity contribution in [3.8, 4) is 6.07 Å². The quantitative estimate of drug-likeness (QED) is 0.931. The molecular weight excluding hydrogens is 321 g/mol. The molecule has 2 amide bonds. The summed E-state index contributed by atoms with van der Waals surface area (Å²) in [7, 11) is 0. The number of carbonyl (C=O) groups excluding carboxylic acids is 2. The van der Waals surface area contributed by atoms with Gasteiger partial charge in [-0.05, 0) is 18.2 Å². The first kappa shape index (κ1) is 16.7. The Balaban J connectivity index is 1.67. The molecule has 1 aliphatic heterocycles. The fourth-order valence-electron chi connectivity index (χ4n) is 2.89. The topological polar surface area (TPSA) is 73.2 Å². The highest BCUT2D eigenvalue weighted by atomic mass is 19.1. The number of amides is 2. The van der Waals surface area contributed by atoms with Crippen molar-refractivity contribution < 1.29 is 14.0 Å². The van der Waals surface area contributed by atoms with Crippen molar-refractivity contribution in [2.75, 3.05) is 11.4 Å². The fraction of sp³-hybridized carbons (Fsp3) is 0.211. The predicted molar refractivity (Wildman–Crippen MR) is 89.9 cm³/mol. The maximum absolute atomic E-state index is 13.6. The van der Waals surface area contributed by atoms with Crippen molar-refractivity contribution in [3.63, 3.8) is 0 Å². The third-order valence-corrected chi connectivity index (χ3v) is 4.22. The van der Waals surface area contributed by atoms with Crippen LogP contribution in [-0.2, 0) is 16.1 Å². The summed E-state index contributed by atoms with van der Waals surface area (Å²) in [6.07, 6.45) is 0.0723. The van der Waals surface area contributed by atoms with E-state index in [0.717, 1.165) is 0 Å². The third kappa shape index (κ3) is 3.50.